The highest BCUT2D eigenvalue weighted by atomic mass is 16.1. The fourth-order valence-corrected chi connectivity index (χ4v) is 1.44. The third-order valence-electron chi connectivity index (χ3n) is 2.17. The molecule has 0 aliphatic rings. The van der Waals surface area contributed by atoms with E-state index in [1.807, 2.05) is 6.92 Å². The molecule has 70 valence electrons. The fourth-order valence-electron chi connectivity index (χ4n) is 1.44. The lowest BCUT2D eigenvalue weighted by Gasteiger charge is -2.12. The summed E-state index contributed by atoms with van der Waals surface area (Å²) in [7, 11) is 0. The van der Waals surface area contributed by atoms with Crippen molar-refractivity contribution in [3.05, 3.63) is 11.6 Å². The lowest BCUT2D eigenvalue weighted by Crippen LogP contribution is -2.04. The third-order valence-corrected chi connectivity index (χ3v) is 2.17. The first-order valence-corrected chi connectivity index (χ1v) is 4.67. The Kier molecular flexibility index (Phi) is 5.69. The van der Waals surface area contributed by atoms with Gasteiger partial charge in [-0.05, 0) is 32.6 Å². The summed E-state index contributed by atoms with van der Waals surface area (Å²) < 4.78 is 0. The molecular formula is C11H20O. The van der Waals surface area contributed by atoms with Gasteiger partial charge in [0.25, 0.3) is 0 Å². The summed E-state index contributed by atoms with van der Waals surface area (Å²) >= 11 is 0. The first kappa shape index (κ1) is 11.4. The van der Waals surface area contributed by atoms with Gasteiger partial charge in [0.1, 0.15) is 6.29 Å². The van der Waals surface area contributed by atoms with Gasteiger partial charge in [0.05, 0.1) is 0 Å². The summed E-state index contributed by atoms with van der Waals surface area (Å²) in [5, 5.41) is 0. The number of hydrogen-bond acceptors (Lipinski definition) is 1. The number of aldehydes is 1. The van der Waals surface area contributed by atoms with E-state index in [4.69, 9.17) is 0 Å². The summed E-state index contributed by atoms with van der Waals surface area (Å²) in [6.07, 6.45) is 5.31. The van der Waals surface area contributed by atoms with Gasteiger partial charge in [-0.3, -0.25) is 0 Å². The van der Waals surface area contributed by atoms with Gasteiger partial charge < -0.3 is 4.79 Å². The van der Waals surface area contributed by atoms with Gasteiger partial charge in [0, 0.05) is 5.92 Å². The SMILES string of the molecule is C/C=C(\C)C[C@H](C)C[C@H](C)C=O. The molecule has 0 amide bonds. The predicted octanol–water partition coefficient (Wildman–Crippen LogP) is 3.20. The summed E-state index contributed by atoms with van der Waals surface area (Å²) in [4.78, 5) is 10.4. The van der Waals surface area contributed by atoms with Crippen molar-refractivity contribution in [1.82, 2.24) is 0 Å². The summed E-state index contributed by atoms with van der Waals surface area (Å²) in [6, 6.07) is 0. The summed E-state index contributed by atoms with van der Waals surface area (Å²) in [5.74, 6) is 0.839. The van der Waals surface area contributed by atoms with Crippen molar-refractivity contribution in [3.63, 3.8) is 0 Å². The van der Waals surface area contributed by atoms with Gasteiger partial charge in [-0.2, -0.15) is 0 Å². The van der Waals surface area contributed by atoms with Gasteiger partial charge >= 0.3 is 0 Å². The molecule has 0 spiro atoms. The number of rotatable bonds is 5. The van der Waals surface area contributed by atoms with Crippen LogP contribution in [-0.4, -0.2) is 6.29 Å². The van der Waals surface area contributed by atoms with Crippen LogP contribution in [0.3, 0.4) is 0 Å². The van der Waals surface area contributed by atoms with Crippen molar-refractivity contribution in [3.8, 4) is 0 Å². The fraction of sp³-hybridized carbons (Fsp3) is 0.727. The first-order valence-electron chi connectivity index (χ1n) is 4.67. The Bertz CT molecular complexity index is 158. The van der Waals surface area contributed by atoms with Gasteiger partial charge in [-0.25, -0.2) is 0 Å². The molecule has 0 radical (unpaired) electrons. The van der Waals surface area contributed by atoms with Crippen molar-refractivity contribution >= 4 is 6.29 Å². The second kappa shape index (κ2) is 5.99. The number of allylic oxidation sites excluding steroid dienone is 2. The maximum Gasteiger partial charge on any atom is 0.122 e. The normalized spacial score (nSPS) is 17.2. The molecule has 0 unspecified atom stereocenters. The quantitative estimate of drug-likeness (QED) is 0.455. The topological polar surface area (TPSA) is 17.1 Å². The monoisotopic (exact) mass is 168 g/mol. The molecule has 0 N–H and O–H groups in total. The average Bonchev–Trinajstić information content (AvgIpc) is 2.03. The second-order valence-corrected chi connectivity index (χ2v) is 3.79. The molecule has 0 saturated heterocycles. The molecule has 0 saturated carbocycles. The summed E-state index contributed by atoms with van der Waals surface area (Å²) in [5.41, 5.74) is 1.42. The van der Waals surface area contributed by atoms with Crippen molar-refractivity contribution < 1.29 is 4.79 Å². The third kappa shape index (κ3) is 5.11. The van der Waals surface area contributed by atoms with Gasteiger partial charge in [-0.15, -0.1) is 0 Å². The van der Waals surface area contributed by atoms with E-state index in [2.05, 4.69) is 26.8 Å². The summed E-state index contributed by atoms with van der Waals surface area (Å²) in [6.45, 7) is 8.38. The predicted molar refractivity (Wildman–Crippen MR) is 53.1 cm³/mol. The zero-order valence-electron chi connectivity index (χ0n) is 8.63. The maximum absolute atomic E-state index is 10.4. The zero-order valence-corrected chi connectivity index (χ0v) is 8.63. The number of carbonyl (C=O) groups is 1. The van der Waals surface area contributed by atoms with Gasteiger partial charge in [0.15, 0.2) is 0 Å². The molecule has 12 heavy (non-hydrogen) atoms. The molecule has 0 aromatic carbocycles. The molecule has 0 fully saturated rings. The largest absolute Gasteiger partial charge is 0.303 e. The van der Waals surface area contributed by atoms with Crippen molar-refractivity contribution in [1.29, 1.82) is 0 Å². The van der Waals surface area contributed by atoms with Crippen LogP contribution in [0.5, 0.6) is 0 Å². The van der Waals surface area contributed by atoms with Crippen LogP contribution in [0.15, 0.2) is 11.6 Å². The average molecular weight is 168 g/mol. The van der Waals surface area contributed by atoms with Crippen molar-refractivity contribution in [2.24, 2.45) is 11.8 Å². The Labute approximate surface area is 75.9 Å². The molecule has 0 heterocycles. The van der Waals surface area contributed by atoms with E-state index in [9.17, 15) is 4.79 Å². The molecule has 0 aromatic rings. The van der Waals surface area contributed by atoms with Gasteiger partial charge in [-0.1, -0.05) is 25.5 Å². The van der Waals surface area contributed by atoms with Crippen LogP contribution in [0.4, 0.5) is 0 Å². The lowest BCUT2D eigenvalue weighted by atomic mass is 9.93. The van der Waals surface area contributed by atoms with Crippen LogP contribution in [0.1, 0.15) is 40.5 Å². The highest BCUT2D eigenvalue weighted by Gasteiger charge is 2.07. The van der Waals surface area contributed by atoms with E-state index in [1.165, 1.54) is 5.57 Å². The Morgan fingerprint density at radius 3 is 2.42 bits per heavy atom. The number of carbonyl (C=O) groups excluding carboxylic acids is 1. The molecule has 2 atom stereocenters. The minimum absolute atomic E-state index is 0.213. The van der Waals surface area contributed by atoms with Crippen molar-refractivity contribution in [2.75, 3.05) is 0 Å². The van der Waals surface area contributed by atoms with Crippen LogP contribution in [-0.2, 0) is 4.79 Å². The van der Waals surface area contributed by atoms with Gasteiger partial charge in [0.2, 0.25) is 0 Å². The second-order valence-electron chi connectivity index (χ2n) is 3.79. The lowest BCUT2D eigenvalue weighted by molar-refractivity contribution is -0.111. The molecular weight excluding hydrogens is 148 g/mol. The molecule has 0 aliphatic heterocycles. The minimum atomic E-state index is 0.213. The highest BCUT2D eigenvalue weighted by molar-refractivity contribution is 5.52. The smallest absolute Gasteiger partial charge is 0.122 e. The van der Waals surface area contributed by atoms with E-state index in [1.54, 1.807) is 0 Å². The van der Waals surface area contributed by atoms with Crippen LogP contribution < -0.4 is 0 Å². The van der Waals surface area contributed by atoms with Crippen LogP contribution in [0.2, 0.25) is 0 Å². The van der Waals surface area contributed by atoms with Crippen LogP contribution in [0, 0.1) is 11.8 Å². The Morgan fingerprint density at radius 1 is 1.42 bits per heavy atom. The van der Waals surface area contributed by atoms with E-state index in [0.717, 1.165) is 19.1 Å². The maximum atomic E-state index is 10.4. The standard InChI is InChI=1S/C11H20O/c1-5-9(2)6-10(3)7-11(4)8-12/h5,8,10-11H,6-7H2,1-4H3/b9-5+/t10-,11-/m0/s1. The molecule has 0 bridgehead atoms. The first-order chi connectivity index (χ1) is 5.60. The molecule has 0 aromatic heterocycles. The molecule has 0 rings (SSSR count). The van der Waals surface area contributed by atoms with E-state index in [0.29, 0.717) is 5.92 Å². The Balaban J connectivity index is 3.73. The zero-order chi connectivity index (χ0) is 9.56. The molecule has 1 nitrogen and oxygen atoms in total. The van der Waals surface area contributed by atoms with E-state index >= 15 is 0 Å². The number of hydrogen-bond donors (Lipinski definition) is 0. The van der Waals surface area contributed by atoms with Crippen molar-refractivity contribution in [2.45, 2.75) is 40.5 Å². The van der Waals surface area contributed by atoms with E-state index in [-0.39, 0.29) is 5.92 Å². The van der Waals surface area contributed by atoms with E-state index < -0.39 is 0 Å². The minimum Gasteiger partial charge on any atom is -0.303 e. The Morgan fingerprint density at radius 2 is 2.00 bits per heavy atom. The Hall–Kier alpha value is -0.590. The highest BCUT2D eigenvalue weighted by Crippen LogP contribution is 2.17. The van der Waals surface area contributed by atoms with Crippen LogP contribution >= 0.6 is 0 Å². The van der Waals surface area contributed by atoms with Crippen LogP contribution in [0.25, 0.3) is 0 Å². The molecule has 0 aliphatic carbocycles. The molecule has 1 heteroatoms.